The maximum absolute atomic E-state index is 11.1. The fourth-order valence-electron chi connectivity index (χ4n) is 4.12. The fraction of sp³-hybridized carbons (Fsp3) is 0.217. The normalized spacial score (nSPS) is 14.7. The molecule has 9 nitrogen and oxygen atoms in total. The van der Waals surface area contributed by atoms with E-state index in [1.54, 1.807) is 30.7 Å². The third kappa shape index (κ3) is 3.68. The van der Waals surface area contributed by atoms with Crippen LogP contribution in [0, 0.1) is 0 Å². The molecule has 5 rings (SSSR count). The number of amides is 1. The molecule has 1 aliphatic heterocycles. The second-order valence-electron chi connectivity index (χ2n) is 7.97. The van der Waals surface area contributed by atoms with E-state index in [0.29, 0.717) is 30.2 Å². The van der Waals surface area contributed by atoms with E-state index in [-0.39, 0.29) is 11.8 Å². The van der Waals surface area contributed by atoms with Crippen molar-refractivity contribution in [1.82, 2.24) is 24.6 Å². The Hall–Kier alpha value is -4.14. The van der Waals surface area contributed by atoms with Gasteiger partial charge in [-0.1, -0.05) is 0 Å². The number of carbonyl (C=O) groups is 1. The number of aromatic nitrogens is 4. The van der Waals surface area contributed by atoms with E-state index in [1.165, 1.54) is 4.90 Å². The van der Waals surface area contributed by atoms with Gasteiger partial charge in [0.1, 0.15) is 11.6 Å². The molecule has 162 valence electrons. The summed E-state index contributed by atoms with van der Waals surface area (Å²) in [4.78, 5) is 21.4. The van der Waals surface area contributed by atoms with Crippen LogP contribution in [0.5, 0.6) is 5.75 Å². The molecule has 0 bridgehead atoms. The molecular formula is C23H22N6O3. The molecule has 4 aromatic rings. The molecule has 9 heteroatoms. The van der Waals surface area contributed by atoms with Crippen LogP contribution in [0.1, 0.15) is 18.9 Å². The topological polar surface area (TPSA) is 130 Å². The van der Waals surface area contributed by atoms with Crippen molar-refractivity contribution in [2.45, 2.75) is 18.9 Å². The van der Waals surface area contributed by atoms with Crippen LogP contribution in [-0.4, -0.2) is 54.0 Å². The highest BCUT2D eigenvalue weighted by atomic mass is 16.4. The maximum atomic E-state index is 11.1. The van der Waals surface area contributed by atoms with E-state index < -0.39 is 6.09 Å². The van der Waals surface area contributed by atoms with Gasteiger partial charge in [0.15, 0.2) is 0 Å². The van der Waals surface area contributed by atoms with Crippen molar-refractivity contribution >= 4 is 22.7 Å². The van der Waals surface area contributed by atoms with Crippen LogP contribution in [0.2, 0.25) is 0 Å². The molecule has 0 saturated carbocycles. The Labute approximate surface area is 183 Å². The average Bonchev–Trinajstić information content (AvgIpc) is 3.29. The van der Waals surface area contributed by atoms with Crippen molar-refractivity contribution in [2.24, 2.45) is 0 Å². The first kappa shape index (κ1) is 19.8. The number of pyridine rings is 2. The third-order valence-corrected chi connectivity index (χ3v) is 5.94. The summed E-state index contributed by atoms with van der Waals surface area (Å²) < 4.78 is 1.90. The van der Waals surface area contributed by atoms with Crippen molar-refractivity contribution in [3.8, 4) is 28.1 Å². The van der Waals surface area contributed by atoms with Gasteiger partial charge in [-0.2, -0.15) is 5.10 Å². The molecule has 0 radical (unpaired) electrons. The Kier molecular flexibility index (Phi) is 4.85. The number of nitrogens with two attached hydrogens (primary N) is 1. The molecule has 32 heavy (non-hydrogen) atoms. The summed E-state index contributed by atoms with van der Waals surface area (Å²) >= 11 is 0. The van der Waals surface area contributed by atoms with E-state index in [2.05, 4.69) is 15.1 Å². The Balaban J connectivity index is 1.43. The number of nitrogen functional groups attached to an aromatic ring is 1. The quantitative estimate of drug-likeness (QED) is 0.451. The summed E-state index contributed by atoms with van der Waals surface area (Å²) in [6.07, 6.45) is 7.79. The molecular weight excluding hydrogens is 408 g/mol. The van der Waals surface area contributed by atoms with Gasteiger partial charge in [-0.05, 0) is 48.6 Å². The van der Waals surface area contributed by atoms with Crippen molar-refractivity contribution in [2.75, 3.05) is 18.8 Å². The highest BCUT2D eigenvalue weighted by Gasteiger charge is 2.24. The van der Waals surface area contributed by atoms with E-state index in [4.69, 9.17) is 10.8 Å². The zero-order chi connectivity index (χ0) is 22.2. The number of phenolic OH excluding ortho intramolecular Hbond substituents is 1. The van der Waals surface area contributed by atoms with Crippen LogP contribution in [-0.2, 0) is 0 Å². The zero-order valence-electron chi connectivity index (χ0n) is 17.2. The number of piperidine rings is 1. The highest BCUT2D eigenvalue weighted by Crippen LogP contribution is 2.31. The van der Waals surface area contributed by atoms with Crippen LogP contribution in [0.15, 0.2) is 55.1 Å². The monoisotopic (exact) mass is 430 g/mol. The molecule has 4 N–H and O–H groups in total. The van der Waals surface area contributed by atoms with E-state index >= 15 is 0 Å². The molecule has 0 spiro atoms. The summed E-state index contributed by atoms with van der Waals surface area (Å²) in [5, 5.41) is 25.2. The minimum atomic E-state index is -0.873. The number of aromatic hydroxyl groups is 1. The lowest BCUT2D eigenvalue weighted by molar-refractivity contribution is 0.124. The first-order valence-electron chi connectivity index (χ1n) is 10.3. The number of hydrogen-bond donors (Lipinski definition) is 3. The molecule has 0 aliphatic carbocycles. The van der Waals surface area contributed by atoms with Crippen LogP contribution in [0.25, 0.3) is 33.2 Å². The van der Waals surface area contributed by atoms with Gasteiger partial charge in [-0.3, -0.25) is 9.67 Å². The van der Waals surface area contributed by atoms with Crippen LogP contribution < -0.4 is 5.73 Å². The van der Waals surface area contributed by atoms with Gasteiger partial charge in [-0.25, -0.2) is 9.78 Å². The number of fused-ring (bicyclic) bond motifs is 1. The summed E-state index contributed by atoms with van der Waals surface area (Å²) in [6, 6.07) is 9.11. The Morgan fingerprint density at radius 2 is 1.81 bits per heavy atom. The summed E-state index contributed by atoms with van der Waals surface area (Å²) in [6.45, 7) is 1.01. The number of hydrogen-bond acceptors (Lipinski definition) is 6. The SMILES string of the molecule is Nc1ncc(-c2cnn(C3CCN(C(=O)O)CC3)c2)cc1-c1cc2cc(O)ccc2cn1. The number of phenols is 1. The number of nitrogens with zero attached hydrogens (tertiary/aromatic N) is 5. The third-order valence-electron chi connectivity index (χ3n) is 5.94. The van der Waals surface area contributed by atoms with Crippen LogP contribution >= 0.6 is 0 Å². The second-order valence-corrected chi connectivity index (χ2v) is 7.97. The van der Waals surface area contributed by atoms with E-state index in [9.17, 15) is 9.90 Å². The average molecular weight is 430 g/mol. The lowest BCUT2D eigenvalue weighted by atomic mass is 10.0. The first-order chi connectivity index (χ1) is 15.5. The molecule has 1 aliphatic rings. The molecule has 0 unspecified atom stereocenters. The van der Waals surface area contributed by atoms with E-state index in [1.807, 2.05) is 29.1 Å². The van der Waals surface area contributed by atoms with Gasteiger partial charge in [0.2, 0.25) is 0 Å². The largest absolute Gasteiger partial charge is 0.508 e. The smallest absolute Gasteiger partial charge is 0.407 e. The van der Waals surface area contributed by atoms with Crippen molar-refractivity contribution in [3.63, 3.8) is 0 Å². The van der Waals surface area contributed by atoms with Crippen molar-refractivity contribution < 1.29 is 15.0 Å². The molecule has 1 aromatic carbocycles. The van der Waals surface area contributed by atoms with Crippen LogP contribution in [0.3, 0.4) is 0 Å². The van der Waals surface area contributed by atoms with Crippen LogP contribution in [0.4, 0.5) is 10.6 Å². The summed E-state index contributed by atoms with van der Waals surface area (Å²) in [7, 11) is 0. The minimum Gasteiger partial charge on any atom is -0.508 e. The standard InChI is InChI=1S/C23H22N6O3/c24-22-20(21-9-15-7-19(30)2-1-14(15)10-25-21)8-16(11-26-22)17-12-27-29(13-17)18-3-5-28(6-4-18)23(31)32/h1-2,7-13,18,30H,3-6H2,(H2,24,26)(H,31,32). The number of rotatable bonds is 3. The van der Waals surface area contributed by atoms with Gasteiger partial charge in [-0.15, -0.1) is 0 Å². The summed E-state index contributed by atoms with van der Waals surface area (Å²) in [5.74, 6) is 0.560. The fourth-order valence-corrected chi connectivity index (χ4v) is 4.12. The molecule has 1 amide bonds. The maximum Gasteiger partial charge on any atom is 0.407 e. The lowest BCUT2D eigenvalue weighted by Crippen LogP contribution is -2.38. The molecule has 0 atom stereocenters. The summed E-state index contributed by atoms with van der Waals surface area (Å²) in [5.41, 5.74) is 9.30. The number of anilines is 1. The first-order valence-corrected chi connectivity index (χ1v) is 10.3. The Morgan fingerprint density at radius 1 is 1.00 bits per heavy atom. The van der Waals surface area contributed by atoms with Gasteiger partial charge >= 0.3 is 6.09 Å². The number of carboxylic acid groups (broad SMARTS) is 1. The van der Waals surface area contributed by atoms with Gasteiger partial charge in [0.25, 0.3) is 0 Å². The highest BCUT2D eigenvalue weighted by molar-refractivity contribution is 5.88. The Bertz CT molecular complexity index is 1310. The van der Waals surface area contributed by atoms with Crippen molar-refractivity contribution in [3.05, 3.63) is 55.1 Å². The predicted molar refractivity (Wildman–Crippen MR) is 120 cm³/mol. The molecule has 1 saturated heterocycles. The van der Waals surface area contributed by atoms with Gasteiger partial charge in [0, 0.05) is 53.8 Å². The lowest BCUT2D eigenvalue weighted by Gasteiger charge is -2.30. The zero-order valence-corrected chi connectivity index (χ0v) is 17.2. The molecule has 4 heterocycles. The van der Waals surface area contributed by atoms with Gasteiger partial charge in [0.05, 0.1) is 17.9 Å². The Morgan fingerprint density at radius 3 is 2.59 bits per heavy atom. The van der Waals surface area contributed by atoms with Gasteiger partial charge < -0.3 is 20.8 Å². The number of benzene rings is 1. The number of likely N-dealkylation sites (tertiary alicyclic amines) is 1. The second kappa shape index (κ2) is 7.84. The van der Waals surface area contributed by atoms with E-state index in [0.717, 1.165) is 34.7 Å². The minimum absolute atomic E-state index is 0.162. The predicted octanol–water partition coefficient (Wildman–Crippen LogP) is 3.76. The molecule has 1 fully saturated rings. The molecule has 3 aromatic heterocycles. The van der Waals surface area contributed by atoms with Crippen molar-refractivity contribution in [1.29, 1.82) is 0 Å².